The molecule has 2 N–H and O–H groups in total. The van der Waals surface area contributed by atoms with E-state index in [1.807, 2.05) is 13.8 Å². The van der Waals surface area contributed by atoms with Gasteiger partial charge in [0.2, 0.25) is 5.91 Å². The monoisotopic (exact) mass is 357 g/mol. The molecule has 0 radical (unpaired) electrons. The molecule has 25 heavy (non-hydrogen) atoms. The van der Waals surface area contributed by atoms with Crippen LogP contribution >= 0.6 is 0 Å². The number of benzene rings is 1. The number of amides is 1. The molecule has 0 spiro atoms. The van der Waals surface area contributed by atoms with Crippen LogP contribution in [0.5, 0.6) is 0 Å². The standard InChI is InChI=1S/C19H26F3NO2/c1-13(2)18(25)10-8-16(9-11-18)23-17(24)7-6-14-4-3-5-15(12-14)19(20,21)22/h3-5,12-13,16,25H,6-11H2,1-2H3,(H,23,24). The average Bonchev–Trinajstić information content (AvgIpc) is 2.54. The van der Waals surface area contributed by atoms with Crippen molar-refractivity contribution in [2.24, 2.45) is 5.92 Å². The first kappa shape index (κ1) is 19.8. The highest BCUT2D eigenvalue weighted by molar-refractivity contribution is 5.76. The zero-order valence-corrected chi connectivity index (χ0v) is 14.7. The zero-order valence-electron chi connectivity index (χ0n) is 14.7. The van der Waals surface area contributed by atoms with Crippen molar-refractivity contribution in [1.82, 2.24) is 5.32 Å². The van der Waals surface area contributed by atoms with Crippen molar-refractivity contribution in [2.75, 3.05) is 0 Å². The number of hydrogen-bond acceptors (Lipinski definition) is 2. The van der Waals surface area contributed by atoms with Crippen molar-refractivity contribution in [3.8, 4) is 0 Å². The maximum Gasteiger partial charge on any atom is 0.416 e. The molecule has 3 nitrogen and oxygen atoms in total. The van der Waals surface area contributed by atoms with Crippen LogP contribution < -0.4 is 5.32 Å². The Balaban J connectivity index is 1.80. The quantitative estimate of drug-likeness (QED) is 0.834. The van der Waals surface area contributed by atoms with Gasteiger partial charge in [-0.25, -0.2) is 0 Å². The van der Waals surface area contributed by atoms with E-state index in [0.717, 1.165) is 25.0 Å². The van der Waals surface area contributed by atoms with Crippen molar-refractivity contribution in [3.63, 3.8) is 0 Å². The fourth-order valence-electron chi connectivity index (χ4n) is 3.30. The van der Waals surface area contributed by atoms with E-state index in [9.17, 15) is 23.1 Å². The molecule has 0 heterocycles. The van der Waals surface area contributed by atoms with Gasteiger partial charge in [-0.05, 0) is 49.7 Å². The lowest BCUT2D eigenvalue weighted by Crippen LogP contribution is -2.45. The molecule has 1 aromatic rings. The Morgan fingerprint density at radius 3 is 2.52 bits per heavy atom. The summed E-state index contributed by atoms with van der Waals surface area (Å²) >= 11 is 0. The van der Waals surface area contributed by atoms with Gasteiger partial charge in [-0.3, -0.25) is 4.79 Å². The number of aryl methyl sites for hydroxylation is 1. The molecule has 6 heteroatoms. The molecule has 1 saturated carbocycles. The van der Waals surface area contributed by atoms with Gasteiger partial charge in [0.15, 0.2) is 0 Å². The Labute approximate surface area is 146 Å². The van der Waals surface area contributed by atoms with Gasteiger partial charge in [0.05, 0.1) is 11.2 Å². The van der Waals surface area contributed by atoms with Crippen LogP contribution in [-0.4, -0.2) is 22.7 Å². The minimum atomic E-state index is -4.37. The third-order valence-corrected chi connectivity index (χ3v) is 5.19. The van der Waals surface area contributed by atoms with Crippen LogP contribution in [0.2, 0.25) is 0 Å². The van der Waals surface area contributed by atoms with E-state index in [-0.39, 0.29) is 30.7 Å². The smallest absolute Gasteiger partial charge is 0.390 e. The van der Waals surface area contributed by atoms with Gasteiger partial charge in [-0.2, -0.15) is 13.2 Å². The van der Waals surface area contributed by atoms with Crippen LogP contribution in [0.15, 0.2) is 24.3 Å². The lowest BCUT2D eigenvalue weighted by atomic mass is 9.75. The molecule has 1 amide bonds. The first-order chi connectivity index (χ1) is 11.6. The van der Waals surface area contributed by atoms with E-state index in [1.54, 1.807) is 6.07 Å². The van der Waals surface area contributed by atoms with Crippen molar-refractivity contribution in [2.45, 2.75) is 70.2 Å². The first-order valence-corrected chi connectivity index (χ1v) is 8.78. The van der Waals surface area contributed by atoms with Crippen molar-refractivity contribution < 1.29 is 23.1 Å². The summed E-state index contributed by atoms with van der Waals surface area (Å²) in [5.74, 6) is 0.0301. The molecule has 1 aliphatic rings. The Morgan fingerprint density at radius 1 is 1.32 bits per heavy atom. The highest BCUT2D eigenvalue weighted by atomic mass is 19.4. The SMILES string of the molecule is CC(C)C1(O)CCC(NC(=O)CCc2cccc(C(F)(F)F)c2)CC1. The first-order valence-electron chi connectivity index (χ1n) is 8.78. The number of halogens is 3. The molecule has 2 rings (SSSR count). The van der Waals surface area contributed by atoms with Crippen LogP contribution in [0.1, 0.15) is 57.1 Å². The van der Waals surface area contributed by atoms with E-state index in [2.05, 4.69) is 5.32 Å². The zero-order chi connectivity index (χ0) is 18.7. The Kier molecular flexibility index (Phi) is 6.14. The Hall–Kier alpha value is -1.56. The molecule has 0 aliphatic heterocycles. The molecular weight excluding hydrogens is 331 g/mol. The predicted molar refractivity (Wildman–Crippen MR) is 90.0 cm³/mol. The summed E-state index contributed by atoms with van der Waals surface area (Å²) in [4.78, 5) is 12.1. The highest BCUT2D eigenvalue weighted by Gasteiger charge is 2.36. The largest absolute Gasteiger partial charge is 0.416 e. The number of hydrogen-bond donors (Lipinski definition) is 2. The summed E-state index contributed by atoms with van der Waals surface area (Å²) in [6.07, 6.45) is -1.17. The van der Waals surface area contributed by atoms with Gasteiger partial charge in [0.1, 0.15) is 0 Å². The lowest BCUT2D eigenvalue weighted by molar-refractivity contribution is -0.137. The average molecular weight is 357 g/mol. The second-order valence-corrected chi connectivity index (χ2v) is 7.30. The fourth-order valence-corrected chi connectivity index (χ4v) is 3.30. The third-order valence-electron chi connectivity index (χ3n) is 5.19. The maximum absolute atomic E-state index is 12.7. The summed E-state index contributed by atoms with van der Waals surface area (Å²) in [6.45, 7) is 3.99. The molecular formula is C19H26F3NO2. The second kappa shape index (κ2) is 7.77. The van der Waals surface area contributed by atoms with Crippen LogP contribution in [0.3, 0.4) is 0 Å². The second-order valence-electron chi connectivity index (χ2n) is 7.30. The summed E-state index contributed by atoms with van der Waals surface area (Å²) < 4.78 is 38.1. The fraction of sp³-hybridized carbons (Fsp3) is 0.632. The van der Waals surface area contributed by atoms with Gasteiger partial charge >= 0.3 is 6.18 Å². The molecule has 1 aromatic carbocycles. The molecule has 0 saturated heterocycles. The molecule has 0 aromatic heterocycles. The summed E-state index contributed by atoms with van der Waals surface area (Å²) in [5, 5.41) is 13.4. The number of carbonyl (C=O) groups excluding carboxylic acids is 1. The normalized spacial score (nSPS) is 24.4. The van der Waals surface area contributed by atoms with Crippen LogP contribution in [0.4, 0.5) is 13.2 Å². The number of rotatable bonds is 5. The van der Waals surface area contributed by atoms with E-state index in [4.69, 9.17) is 0 Å². The molecule has 1 fully saturated rings. The summed E-state index contributed by atoms with van der Waals surface area (Å²) in [6, 6.07) is 5.13. The third kappa shape index (κ3) is 5.46. The van der Waals surface area contributed by atoms with Crippen LogP contribution in [0, 0.1) is 5.92 Å². The predicted octanol–water partition coefficient (Wildman–Crippen LogP) is 4.08. The number of nitrogens with one attached hydrogen (secondary N) is 1. The number of aliphatic hydroxyl groups is 1. The molecule has 0 atom stereocenters. The van der Waals surface area contributed by atoms with E-state index in [1.165, 1.54) is 6.07 Å². The van der Waals surface area contributed by atoms with Crippen molar-refractivity contribution in [1.29, 1.82) is 0 Å². The highest BCUT2D eigenvalue weighted by Crippen LogP contribution is 2.34. The van der Waals surface area contributed by atoms with Crippen molar-refractivity contribution >= 4 is 5.91 Å². The number of carbonyl (C=O) groups is 1. The summed E-state index contributed by atoms with van der Waals surface area (Å²) in [7, 11) is 0. The number of alkyl halides is 3. The maximum atomic E-state index is 12.7. The van der Waals surface area contributed by atoms with E-state index in [0.29, 0.717) is 18.4 Å². The van der Waals surface area contributed by atoms with Gasteiger partial charge in [-0.1, -0.05) is 32.0 Å². The van der Waals surface area contributed by atoms with E-state index < -0.39 is 17.3 Å². The Morgan fingerprint density at radius 2 is 1.96 bits per heavy atom. The molecule has 0 bridgehead atoms. The molecule has 140 valence electrons. The van der Waals surface area contributed by atoms with Gasteiger partial charge in [0, 0.05) is 12.5 Å². The molecule has 1 aliphatic carbocycles. The summed E-state index contributed by atoms with van der Waals surface area (Å²) in [5.41, 5.74) is -0.840. The topological polar surface area (TPSA) is 49.3 Å². The van der Waals surface area contributed by atoms with Gasteiger partial charge in [0.25, 0.3) is 0 Å². The lowest BCUT2D eigenvalue weighted by Gasteiger charge is -2.39. The minimum absolute atomic E-state index is 0.0352. The van der Waals surface area contributed by atoms with Gasteiger partial charge < -0.3 is 10.4 Å². The van der Waals surface area contributed by atoms with Crippen LogP contribution in [-0.2, 0) is 17.4 Å². The molecule has 0 unspecified atom stereocenters. The van der Waals surface area contributed by atoms with Gasteiger partial charge in [-0.15, -0.1) is 0 Å². The van der Waals surface area contributed by atoms with E-state index >= 15 is 0 Å². The minimum Gasteiger partial charge on any atom is -0.390 e. The van der Waals surface area contributed by atoms with Crippen LogP contribution in [0.25, 0.3) is 0 Å². The van der Waals surface area contributed by atoms with Crippen molar-refractivity contribution in [3.05, 3.63) is 35.4 Å². The Bertz CT molecular complexity index is 591.